The van der Waals surface area contributed by atoms with Crippen molar-refractivity contribution in [3.8, 4) is 11.5 Å². The summed E-state index contributed by atoms with van der Waals surface area (Å²) in [4.78, 5) is 0. The lowest BCUT2D eigenvalue weighted by Crippen LogP contribution is -2.12. The van der Waals surface area contributed by atoms with Crippen molar-refractivity contribution < 1.29 is 4.74 Å². The fourth-order valence-corrected chi connectivity index (χ4v) is 1.95. The highest BCUT2D eigenvalue weighted by molar-refractivity contribution is 9.10. The second kappa shape index (κ2) is 6.02. The second-order valence-corrected chi connectivity index (χ2v) is 4.90. The highest BCUT2D eigenvalue weighted by Gasteiger charge is 2.07. The van der Waals surface area contributed by atoms with Crippen molar-refractivity contribution in [3.63, 3.8) is 0 Å². The number of aryl methyl sites for hydroxylation is 1. The Labute approximate surface area is 115 Å². The molecule has 0 spiro atoms. The minimum Gasteiger partial charge on any atom is -0.454 e. The third-order valence-corrected chi connectivity index (χ3v) is 3.00. The fourth-order valence-electron chi connectivity index (χ4n) is 1.61. The van der Waals surface area contributed by atoms with Gasteiger partial charge in [0.15, 0.2) is 5.75 Å². The molecule has 96 valence electrons. The van der Waals surface area contributed by atoms with Gasteiger partial charge in [-0.1, -0.05) is 28.9 Å². The Hall–Kier alpha value is -1.33. The van der Waals surface area contributed by atoms with E-state index in [-0.39, 0.29) is 0 Å². The molecule has 1 heterocycles. The van der Waals surface area contributed by atoms with Gasteiger partial charge in [0, 0.05) is 23.6 Å². The molecule has 1 N–H and O–H groups in total. The zero-order valence-corrected chi connectivity index (χ0v) is 12.1. The number of benzene rings is 1. The van der Waals surface area contributed by atoms with Crippen LogP contribution in [-0.4, -0.2) is 16.3 Å². The molecule has 0 unspecified atom stereocenters. The first-order chi connectivity index (χ1) is 8.69. The van der Waals surface area contributed by atoms with Crippen LogP contribution >= 0.6 is 15.9 Å². The molecule has 2 aromatic rings. The molecule has 0 bridgehead atoms. The van der Waals surface area contributed by atoms with Crippen molar-refractivity contribution in [2.75, 3.05) is 6.54 Å². The van der Waals surface area contributed by atoms with E-state index in [0.717, 1.165) is 34.6 Å². The van der Waals surface area contributed by atoms with E-state index >= 15 is 0 Å². The van der Waals surface area contributed by atoms with Gasteiger partial charge in [-0.15, -0.1) is 0 Å². The number of nitrogens with one attached hydrogen (secondary N) is 1. The Balaban J connectivity index is 2.21. The molecule has 2 rings (SSSR count). The third-order valence-electron chi connectivity index (χ3n) is 2.50. The summed E-state index contributed by atoms with van der Waals surface area (Å²) in [5.74, 6) is 1.59. The zero-order chi connectivity index (χ0) is 13.0. The number of aromatic nitrogens is 2. The molecule has 0 aliphatic carbocycles. The van der Waals surface area contributed by atoms with Crippen LogP contribution in [0.5, 0.6) is 11.5 Å². The van der Waals surface area contributed by atoms with Crippen LogP contribution in [-0.2, 0) is 13.6 Å². The number of hydrogen-bond acceptors (Lipinski definition) is 3. The summed E-state index contributed by atoms with van der Waals surface area (Å²) in [7, 11) is 1.87. The minimum atomic E-state index is 0.744. The van der Waals surface area contributed by atoms with E-state index in [2.05, 4.69) is 39.3 Å². The lowest BCUT2D eigenvalue weighted by atomic mass is 10.2. The summed E-state index contributed by atoms with van der Waals surface area (Å²) in [6, 6.07) is 6.04. The van der Waals surface area contributed by atoms with Crippen molar-refractivity contribution in [1.82, 2.24) is 15.1 Å². The van der Waals surface area contributed by atoms with Crippen molar-refractivity contribution in [3.05, 3.63) is 40.6 Å². The van der Waals surface area contributed by atoms with E-state index in [9.17, 15) is 0 Å². The molecule has 0 amide bonds. The van der Waals surface area contributed by atoms with Crippen molar-refractivity contribution >= 4 is 15.9 Å². The summed E-state index contributed by atoms with van der Waals surface area (Å²) < 4.78 is 8.58. The number of hydrogen-bond donors (Lipinski definition) is 1. The molecule has 0 saturated heterocycles. The van der Waals surface area contributed by atoms with Crippen LogP contribution < -0.4 is 10.1 Å². The van der Waals surface area contributed by atoms with Crippen molar-refractivity contribution in [2.24, 2.45) is 7.05 Å². The first-order valence-corrected chi connectivity index (χ1v) is 6.64. The predicted molar refractivity (Wildman–Crippen MR) is 74.8 cm³/mol. The van der Waals surface area contributed by atoms with E-state index in [1.165, 1.54) is 0 Å². The standard InChI is InChI=1S/C13H16BrN3O/c1-3-15-7-10-4-5-11(14)6-13(10)18-12-8-16-17(2)9-12/h4-6,8-9,15H,3,7H2,1-2H3. The maximum Gasteiger partial charge on any atom is 0.165 e. The Morgan fingerprint density at radius 2 is 2.28 bits per heavy atom. The van der Waals surface area contributed by atoms with Crippen LogP contribution in [0.1, 0.15) is 12.5 Å². The molecule has 0 aliphatic rings. The lowest BCUT2D eigenvalue weighted by molar-refractivity contribution is 0.472. The molecule has 1 aromatic carbocycles. The first kappa shape index (κ1) is 13.1. The van der Waals surface area contributed by atoms with Gasteiger partial charge in [0.2, 0.25) is 0 Å². The maximum absolute atomic E-state index is 5.85. The van der Waals surface area contributed by atoms with Gasteiger partial charge < -0.3 is 10.1 Å². The molecule has 1 aromatic heterocycles. The zero-order valence-electron chi connectivity index (χ0n) is 10.5. The van der Waals surface area contributed by atoms with Gasteiger partial charge in [-0.2, -0.15) is 5.10 Å². The molecular weight excluding hydrogens is 294 g/mol. The summed E-state index contributed by atoms with van der Waals surface area (Å²) in [6.45, 7) is 3.81. The van der Waals surface area contributed by atoms with Gasteiger partial charge in [0.25, 0.3) is 0 Å². The molecular formula is C13H16BrN3O. The van der Waals surface area contributed by atoms with Gasteiger partial charge in [0.1, 0.15) is 5.75 Å². The molecule has 0 saturated carbocycles. The summed E-state index contributed by atoms with van der Waals surface area (Å²) in [5.41, 5.74) is 1.13. The molecule has 0 fully saturated rings. The number of nitrogens with zero attached hydrogens (tertiary/aromatic N) is 2. The quantitative estimate of drug-likeness (QED) is 0.922. The van der Waals surface area contributed by atoms with Crippen LogP contribution in [0.3, 0.4) is 0 Å². The summed E-state index contributed by atoms with van der Waals surface area (Å²) in [5, 5.41) is 7.39. The average Bonchev–Trinajstić information content (AvgIpc) is 2.74. The Morgan fingerprint density at radius 3 is 2.94 bits per heavy atom. The third kappa shape index (κ3) is 3.34. The van der Waals surface area contributed by atoms with Gasteiger partial charge in [0.05, 0.1) is 12.4 Å². The number of rotatable bonds is 5. The monoisotopic (exact) mass is 309 g/mol. The molecule has 0 aliphatic heterocycles. The topological polar surface area (TPSA) is 39.1 Å². The normalized spacial score (nSPS) is 10.6. The van der Waals surface area contributed by atoms with Crippen LogP contribution in [0.2, 0.25) is 0 Å². The van der Waals surface area contributed by atoms with Crippen LogP contribution in [0.4, 0.5) is 0 Å². The van der Waals surface area contributed by atoms with E-state index in [4.69, 9.17) is 4.74 Å². The van der Waals surface area contributed by atoms with E-state index < -0.39 is 0 Å². The first-order valence-electron chi connectivity index (χ1n) is 5.84. The average molecular weight is 310 g/mol. The smallest absolute Gasteiger partial charge is 0.165 e. The minimum absolute atomic E-state index is 0.744. The highest BCUT2D eigenvalue weighted by atomic mass is 79.9. The van der Waals surface area contributed by atoms with Crippen molar-refractivity contribution in [1.29, 1.82) is 0 Å². The molecule has 0 atom stereocenters. The molecule has 4 nitrogen and oxygen atoms in total. The molecule has 5 heteroatoms. The van der Waals surface area contributed by atoms with Crippen LogP contribution in [0.15, 0.2) is 35.1 Å². The van der Waals surface area contributed by atoms with Gasteiger partial charge in [-0.05, 0) is 18.7 Å². The largest absolute Gasteiger partial charge is 0.454 e. The summed E-state index contributed by atoms with van der Waals surface area (Å²) >= 11 is 3.46. The van der Waals surface area contributed by atoms with Gasteiger partial charge in [-0.25, -0.2) is 0 Å². The number of halogens is 1. The Bertz CT molecular complexity index is 525. The number of ether oxygens (including phenoxy) is 1. The summed E-state index contributed by atoms with van der Waals surface area (Å²) in [6.07, 6.45) is 3.55. The molecule has 18 heavy (non-hydrogen) atoms. The van der Waals surface area contributed by atoms with E-state index in [1.54, 1.807) is 10.9 Å². The maximum atomic E-state index is 5.85. The van der Waals surface area contributed by atoms with Crippen LogP contribution in [0, 0.1) is 0 Å². The van der Waals surface area contributed by atoms with Gasteiger partial charge >= 0.3 is 0 Å². The SMILES string of the molecule is CCNCc1ccc(Br)cc1Oc1cnn(C)c1. The van der Waals surface area contributed by atoms with Crippen molar-refractivity contribution in [2.45, 2.75) is 13.5 Å². The predicted octanol–water partition coefficient (Wildman–Crippen LogP) is 3.08. The van der Waals surface area contributed by atoms with Gasteiger partial charge in [-0.3, -0.25) is 4.68 Å². The highest BCUT2D eigenvalue weighted by Crippen LogP contribution is 2.28. The van der Waals surface area contributed by atoms with E-state index in [0.29, 0.717) is 0 Å². The Morgan fingerprint density at radius 1 is 1.44 bits per heavy atom. The van der Waals surface area contributed by atoms with E-state index in [1.807, 2.05) is 25.4 Å². The molecule has 0 radical (unpaired) electrons. The fraction of sp³-hybridized carbons (Fsp3) is 0.308. The second-order valence-electron chi connectivity index (χ2n) is 3.98. The van der Waals surface area contributed by atoms with Crippen LogP contribution in [0.25, 0.3) is 0 Å². The lowest BCUT2D eigenvalue weighted by Gasteiger charge is -2.10. The Kier molecular flexibility index (Phi) is 4.38.